The van der Waals surface area contributed by atoms with E-state index in [0.717, 1.165) is 12.1 Å². The van der Waals surface area contributed by atoms with E-state index in [1.807, 2.05) is 0 Å². The smallest absolute Gasteiger partial charge is 0.247 e. The van der Waals surface area contributed by atoms with Crippen LogP contribution in [0.1, 0.15) is 5.56 Å². The first-order valence-corrected chi connectivity index (χ1v) is 3.35. The van der Waals surface area contributed by atoms with Gasteiger partial charge in [-0.2, -0.15) is 8.78 Å². The lowest BCUT2D eigenvalue weighted by molar-refractivity contribution is -0.213. The summed E-state index contributed by atoms with van der Waals surface area (Å²) in [6.45, 7) is 0. The summed E-state index contributed by atoms with van der Waals surface area (Å²) in [6, 6.07) is 6.15. The second kappa shape index (κ2) is 4.85. The average molecular weight is 227 g/mol. The zero-order valence-corrected chi connectivity index (χ0v) is 7.56. The fourth-order valence-corrected chi connectivity index (χ4v) is 0.814. The summed E-state index contributed by atoms with van der Waals surface area (Å²) < 4.78 is 36.9. The first-order chi connectivity index (χ1) is 6.09. The van der Waals surface area contributed by atoms with Crippen molar-refractivity contribution in [3.8, 4) is 0 Å². The van der Waals surface area contributed by atoms with Gasteiger partial charge in [0.2, 0.25) is 0 Å². The molecule has 0 unspecified atom stereocenters. The Kier molecular flexibility index (Phi) is 4.43. The van der Waals surface area contributed by atoms with Gasteiger partial charge in [-0.25, -0.2) is 9.74 Å². The van der Waals surface area contributed by atoms with Gasteiger partial charge in [0.15, 0.2) is 0 Å². The van der Waals surface area contributed by atoms with E-state index in [2.05, 4.69) is 4.94 Å². The predicted molar refractivity (Wildman–Crippen MR) is 44.8 cm³/mol. The second-order valence-electron chi connectivity index (χ2n) is 2.31. The van der Waals surface area contributed by atoms with Gasteiger partial charge in [-0.3, -0.25) is 0 Å². The van der Waals surface area contributed by atoms with E-state index < -0.39 is 17.5 Å². The molecule has 6 heteroatoms. The average Bonchev–Trinajstić information content (AvgIpc) is 2.18. The van der Waals surface area contributed by atoms with Crippen molar-refractivity contribution in [2.24, 2.45) is 0 Å². The van der Waals surface area contributed by atoms with Crippen molar-refractivity contribution in [1.82, 2.24) is 0 Å². The van der Waals surface area contributed by atoms with Crippen molar-refractivity contribution in [3.05, 3.63) is 35.9 Å². The molecule has 0 N–H and O–H groups in total. The lowest BCUT2D eigenvalue weighted by Crippen LogP contribution is -2.26. The summed E-state index contributed by atoms with van der Waals surface area (Å²) in [5, 5.41) is 0. The van der Waals surface area contributed by atoms with Crippen molar-refractivity contribution in [3.63, 3.8) is 0 Å². The largest absolute Gasteiger partial charge is 0.422 e. The number of benzene rings is 1. The minimum absolute atomic E-state index is 0. The molecule has 0 radical (unpaired) electrons. The summed E-state index contributed by atoms with van der Waals surface area (Å²) in [4.78, 5) is 12.8. The van der Waals surface area contributed by atoms with Crippen LogP contribution in [0.5, 0.6) is 0 Å². The molecule has 0 spiro atoms. The quantitative estimate of drug-likeness (QED) is 0.775. The molecule has 0 fully saturated rings. The molecule has 0 saturated carbocycles. The molecule has 1 rings (SSSR count). The monoisotopic (exact) mass is 226 g/mol. The standard InChI is InChI=1S/C8H5F3O2.ClH/c9-8(10,7(12)13-11)6-4-2-1-3-5-6;/h1-5H;1H. The molecule has 1 aromatic rings. The van der Waals surface area contributed by atoms with Gasteiger partial charge >= 0.3 is 11.9 Å². The van der Waals surface area contributed by atoms with Crippen molar-refractivity contribution in [2.75, 3.05) is 0 Å². The topological polar surface area (TPSA) is 26.3 Å². The molecule has 0 aromatic heterocycles. The minimum Gasteiger partial charge on any atom is -0.247 e. The highest BCUT2D eigenvalue weighted by atomic mass is 35.5. The third kappa shape index (κ3) is 2.38. The van der Waals surface area contributed by atoms with Crippen LogP contribution in [-0.2, 0) is 15.7 Å². The van der Waals surface area contributed by atoms with Crippen molar-refractivity contribution in [1.29, 1.82) is 0 Å². The molecular formula is C8H6ClF3O2. The summed E-state index contributed by atoms with van der Waals surface area (Å²) in [5.41, 5.74) is -0.599. The Morgan fingerprint density at radius 3 is 2.14 bits per heavy atom. The van der Waals surface area contributed by atoms with Gasteiger partial charge in [-0.1, -0.05) is 30.3 Å². The van der Waals surface area contributed by atoms with Gasteiger partial charge in [0, 0.05) is 10.1 Å². The van der Waals surface area contributed by atoms with Crippen LogP contribution < -0.4 is 0 Å². The molecule has 1 aromatic carbocycles. The number of hydrogen-bond acceptors (Lipinski definition) is 2. The lowest BCUT2D eigenvalue weighted by Gasteiger charge is -2.10. The maximum absolute atomic E-state index is 12.8. The van der Waals surface area contributed by atoms with Crippen molar-refractivity contribution >= 4 is 18.4 Å². The van der Waals surface area contributed by atoms with Gasteiger partial charge in [-0.15, -0.1) is 12.4 Å². The molecule has 0 amide bonds. The maximum Gasteiger partial charge on any atom is 0.422 e. The van der Waals surface area contributed by atoms with E-state index in [9.17, 15) is 18.1 Å². The van der Waals surface area contributed by atoms with Gasteiger partial charge in [-0.05, 0) is 0 Å². The first-order valence-electron chi connectivity index (χ1n) is 3.35. The van der Waals surface area contributed by atoms with E-state index in [-0.39, 0.29) is 12.4 Å². The fourth-order valence-electron chi connectivity index (χ4n) is 0.814. The van der Waals surface area contributed by atoms with Gasteiger partial charge < -0.3 is 0 Å². The Balaban J connectivity index is 0.00000169. The van der Waals surface area contributed by atoms with Crippen LogP contribution in [0.3, 0.4) is 0 Å². The number of rotatable bonds is 2. The Morgan fingerprint density at radius 2 is 1.71 bits per heavy atom. The third-order valence-electron chi connectivity index (χ3n) is 1.46. The van der Waals surface area contributed by atoms with Crippen LogP contribution in [0.15, 0.2) is 30.3 Å². The molecule has 0 aliphatic heterocycles. The molecule has 14 heavy (non-hydrogen) atoms. The molecule has 0 aliphatic carbocycles. The van der Waals surface area contributed by atoms with Gasteiger partial charge in [0.1, 0.15) is 0 Å². The zero-order chi connectivity index (χ0) is 9.90. The Morgan fingerprint density at radius 1 is 1.21 bits per heavy atom. The fraction of sp³-hybridized carbons (Fsp3) is 0.125. The van der Waals surface area contributed by atoms with Gasteiger partial charge in [0.05, 0.1) is 0 Å². The minimum atomic E-state index is -3.93. The zero-order valence-electron chi connectivity index (χ0n) is 6.75. The highest BCUT2D eigenvalue weighted by Crippen LogP contribution is 2.28. The summed E-state index contributed by atoms with van der Waals surface area (Å²) in [7, 11) is 0. The van der Waals surface area contributed by atoms with E-state index in [0.29, 0.717) is 0 Å². The van der Waals surface area contributed by atoms with Gasteiger partial charge in [0.25, 0.3) is 0 Å². The Bertz CT molecular complexity index is 303. The lowest BCUT2D eigenvalue weighted by atomic mass is 10.1. The highest BCUT2D eigenvalue weighted by molar-refractivity contribution is 5.85. The molecule has 2 nitrogen and oxygen atoms in total. The maximum atomic E-state index is 12.8. The van der Waals surface area contributed by atoms with Crippen LogP contribution in [0.25, 0.3) is 0 Å². The van der Waals surface area contributed by atoms with E-state index in [1.54, 1.807) is 0 Å². The molecule has 78 valence electrons. The summed E-state index contributed by atoms with van der Waals surface area (Å²) in [5.74, 6) is -6.14. The number of halogens is 4. The van der Waals surface area contributed by atoms with Crippen LogP contribution >= 0.6 is 12.4 Å². The normalized spacial score (nSPS) is 10.2. The number of hydrogen-bond donors (Lipinski definition) is 0. The molecule has 0 saturated heterocycles. The highest BCUT2D eigenvalue weighted by Gasteiger charge is 2.43. The van der Waals surface area contributed by atoms with Crippen LogP contribution in [-0.4, -0.2) is 5.97 Å². The van der Waals surface area contributed by atoms with Crippen molar-refractivity contribution in [2.45, 2.75) is 5.92 Å². The molecular weight excluding hydrogens is 221 g/mol. The van der Waals surface area contributed by atoms with E-state index in [4.69, 9.17) is 0 Å². The number of carbonyl (C=O) groups is 1. The van der Waals surface area contributed by atoms with Crippen LogP contribution in [0.2, 0.25) is 0 Å². The second-order valence-corrected chi connectivity index (χ2v) is 2.31. The molecule has 0 heterocycles. The number of alkyl halides is 2. The Hall–Kier alpha value is -1.23. The third-order valence-corrected chi connectivity index (χ3v) is 1.46. The van der Waals surface area contributed by atoms with Crippen LogP contribution in [0.4, 0.5) is 13.3 Å². The molecule has 0 bridgehead atoms. The number of carbonyl (C=O) groups excluding carboxylic acids is 1. The van der Waals surface area contributed by atoms with Crippen LogP contribution in [0, 0.1) is 0 Å². The predicted octanol–water partition coefficient (Wildman–Crippen LogP) is 2.63. The summed E-state index contributed by atoms with van der Waals surface area (Å²) >= 11 is 0. The molecule has 0 atom stereocenters. The SMILES string of the molecule is Cl.O=C(OF)C(F)(F)c1ccccc1. The van der Waals surface area contributed by atoms with Crippen molar-refractivity contribution < 1.29 is 23.0 Å². The van der Waals surface area contributed by atoms with E-state index >= 15 is 0 Å². The first kappa shape index (κ1) is 12.8. The Labute approximate surface area is 84.0 Å². The molecule has 0 aliphatic rings. The van der Waals surface area contributed by atoms with E-state index in [1.165, 1.54) is 18.2 Å². The summed E-state index contributed by atoms with van der Waals surface area (Å²) in [6.07, 6.45) is 0.